The van der Waals surface area contributed by atoms with E-state index < -0.39 is 0 Å². The van der Waals surface area contributed by atoms with Gasteiger partial charge in [-0.1, -0.05) is 13.0 Å². The molecule has 2 aliphatic rings. The van der Waals surface area contributed by atoms with Gasteiger partial charge in [-0.05, 0) is 62.9 Å². The smallest absolute Gasteiger partial charge is 0.0923 e. The van der Waals surface area contributed by atoms with Crippen LogP contribution >= 0.6 is 0 Å². The fraction of sp³-hybridized carbons (Fsp3) is 0.579. The minimum Gasteiger partial charge on any atom is -0.304 e. The first kappa shape index (κ1) is 14.9. The van der Waals surface area contributed by atoms with Crippen LogP contribution in [0.1, 0.15) is 44.2 Å². The summed E-state index contributed by atoms with van der Waals surface area (Å²) in [7, 11) is 2.20. The van der Waals surface area contributed by atoms with Crippen molar-refractivity contribution in [2.75, 3.05) is 26.7 Å². The van der Waals surface area contributed by atoms with E-state index in [1.165, 1.54) is 42.5 Å². The molecule has 122 valence electrons. The van der Waals surface area contributed by atoms with Crippen molar-refractivity contribution < 1.29 is 0 Å². The molecule has 0 unspecified atom stereocenters. The SMILES string of the molecule is C[C@H]1CCC(c2ccc3nn([C@H]4CCCN(C)C4)cc3c2)=NC1. The highest BCUT2D eigenvalue weighted by Gasteiger charge is 2.20. The second kappa shape index (κ2) is 6.08. The molecule has 1 fully saturated rings. The molecule has 4 rings (SSSR count). The van der Waals surface area contributed by atoms with Gasteiger partial charge in [0.15, 0.2) is 0 Å². The molecule has 0 N–H and O–H groups in total. The Hall–Kier alpha value is -1.68. The number of piperidine rings is 1. The Balaban J connectivity index is 1.62. The number of aromatic nitrogens is 2. The Bertz CT molecular complexity index is 730. The van der Waals surface area contributed by atoms with Gasteiger partial charge in [-0.15, -0.1) is 0 Å². The van der Waals surface area contributed by atoms with Gasteiger partial charge >= 0.3 is 0 Å². The van der Waals surface area contributed by atoms with Crippen LogP contribution in [0.5, 0.6) is 0 Å². The van der Waals surface area contributed by atoms with E-state index in [0.717, 1.165) is 30.9 Å². The third-order valence-corrected chi connectivity index (χ3v) is 5.30. The standard InChI is InChI=1S/C19H26N4/c1-14-5-7-18(20-11-14)15-6-8-19-16(10-15)12-23(21-19)17-4-3-9-22(2)13-17/h6,8,10,12,14,17H,3-5,7,9,11,13H2,1-2H3/t14-,17-/m0/s1. The van der Waals surface area contributed by atoms with Crippen molar-refractivity contribution >= 4 is 16.6 Å². The summed E-state index contributed by atoms with van der Waals surface area (Å²) >= 11 is 0. The van der Waals surface area contributed by atoms with Gasteiger partial charge in [-0.25, -0.2) is 0 Å². The summed E-state index contributed by atoms with van der Waals surface area (Å²) in [5, 5.41) is 6.07. The number of rotatable bonds is 2. The summed E-state index contributed by atoms with van der Waals surface area (Å²) in [6, 6.07) is 7.15. The van der Waals surface area contributed by atoms with Crippen molar-refractivity contribution in [3.63, 3.8) is 0 Å². The maximum atomic E-state index is 4.82. The van der Waals surface area contributed by atoms with Crippen LogP contribution in [-0.2, 0) is 0 Å². The van der Waals surface area contributed by atoms with E-state index in [2.05, 4.69) is 47.9 Å². The number of aliphatic imine (C=N–C) groups is 1. The van der Waals surface area contributed by atoms with Crippen LogP contribution in [0.3, 0.4) is 0 Å². The zero-order valence-electron chi connectivity index (χ0n) is 14.2. The van der Waals surface area contributed by atoms with Gasteiger partial charge in [0.05, 0.1) is 11.6 Å². The fourth-order valence-corrected chi connectivity index (χ4v) is 3.82. The van der Waals surface area contributed by atoms with E-state index in [1.54, 1.807) is 0 Å². The van der Waals surface area contributed by atoms with Gasteiger partial charge in [0.2, 0.25) is 0 Å². The quantitative estimate of drug-likeness (QED) is 0.850. The van der Waals surface area contributed by atoms with Gasteiger partial charge in [-0.2, -0.15) is 5.10 Å². The molecule has 4 heteroatoms. The lowest BCUT2D eigenvalue weighted by atomic mass is 9.95. The number of likely N-dealkylation sites (N-methyl/N-ethyl adjacent to an activating group) is 1. The van der Waals surface area contributed by atoms with E-state index in [4.69, 9.17) is 10.1 Å². The predicted octanol–water partition coefficient (Wildman–Crippen LogP) is 3.52. The van der Waals surface area contributed by atoms with Crippen molar-refractivity contribution in [1.82, 2.24) is 14.7 Å². The highest BCUT2D eigenvalue weighted by atomic mass is 15.3. The molecule has 0 radical (unpaired) electrons. The Kier molecular flexibility index (Phi) is 3.93. The van der Waals surface area contributed by atoms with Crippen molar-refractivity contribution in [3.05, 3.63) is 30.0 Å². The second-order valence-electron chi connectivity index (χ2n) is 7.37. The van der Waals surface area contributed by atoms with E-state index in [9.17, 15) is 0 Å². The summed E-state index contributed by atoms with van der Waals surface area (Å²) in [5.41, 5.74) is 3.66. The molecule has 2 aliphatic heterocycles. The molecule has 23 heavy (non-hydrogen) atoms. The van der Waals surface area contributed by atoms with Crippen LogP contribution in [0.15, 0.2) is 29.4 Å². The third kappa shape index (κ3) is 3.05. The monoisotopic (exact) mass is 310 g/mol. The zero-order chi connectivity index (χ0) is 15.8. The maximum Gasteiger partial charge on any atom is 0.0923 e. The summed E-state index contributed by atoms with van der Waals surface area (Å²) in [4.78, 5) is 7.18. The van der Waals surface area contributed by atoms with Crippen LogP contribution < -0.4 is 0 Å². The van der Waals surface area contributed by atoms with Gasteiger partial charge in [0, 0.05) is 30.4 Å². The molecule has 2 atom stereocenters. The molecule has 0 bridgehead atoms. The molecule has 0 spiro atoms. The van der Waals surface area contributed by atoms with Crippen molar-refractivity contribution in [1.29, 1.82) is 0 Å². The average Bonchev–Trinajstić information content (AvgIpc) is 2.99. The molecule has 0 amide bonds. The van der Waals surface area contributed by atoms with E-state index in [1.807, 2.05) is 0 Å². The van der Waals surface area contributed by atoms with Crippen LogP contribution in [0.25, 0.3) is 10.9 Å². The number of nitrogens with zero attached hydrogens (tertiary/aromatic N) is 4. The number of likely N-dealkylation sites (tertiary alicyclic amines) is 1. The Labute approximate surface area is 138 Å². The Morgan fingerprint density at radius 3 is 2.91 bits per heavy atom. The van der Waals surface area contributed by atoms with Crippen molar-refractivity contribution in [2.45, 2.75) is 38.6 Å². The average molecular weight is 310 g/mol. The first-order valence-electron chi connectivity index (χ1n) is 8.90. The second-order valence-corrected chi connectivity index (χ2v) is 7.37. The van der Waals surface area contributed by atoms with Gasteiger partial charge < -0.3 is 4.90 Å². The van der Waals surface area contributed by atoms with Crippen molar-refractivity contribution in [2.24, 2.45) is 10.9 Å². The van der Waals surface area contributed by atoms with Gasteiger partial charge in [0.1, 0.15) is 0 Å². The third-order valence-electron chi connectivity index (χ3n) is 5.30. The van der Waals surface area contributed by atoms with Crippen LogP contribution in [0.4, 0.5) is 0 Å². The summed E-state index contributed by atoms with van der Waals surface area (Å²) < 4.78 is 2.19. The van der Waals surface area contributed by atoms with Gasteiger partial charge in [0.25, 0.3) is 0 Å². The molecule has 4 nitrogen and oxygen atoms in total. The number of fused-ring (bicyclic) bond motifs is 1. The first-order valence-corrected chi connectivity index (χ1v) is 8.90. The summed E-state index contributed by atoms with van der Waals surface area (Å²) in [6.45, 7) is 5.57. The molecule has 1 aromatic carbocycles. The highest BCUT2D eigenvalue weighted by Crippen LogP contribution is 2.25. The zero-order valence-corrected chi connectivity index (χ0v) is 14.2. The number of hydrogen-bond acceptors (Lipinski definition) is 3. The molecule has 1 aromatic heterocycles. The minimum atomic E-state index is 0.512. The van der Waals surface area contributed by atoms with E-state index >= 15 is 0 Å². The largest absolute Gasteiger partial charge is 0.304 e. The van der Waals surface area contributed by atoms with Crippen molar-refractivity contribution in [3.8, 4) is 0 Å². The molecule has 0 aliphatic carbocycles. The van der Waals surface area contributed by atoms with E-state index in [-0.39, 0.29) is 0 Å². The maximum absolute atomic E-state index is 4.82. The molecule has 2 aromatic rings. The first-order chi connectivity index (χ1) is 11.2. The van der Waals surface area contributed by atoms with Crippen LogP contribution in [0, 0.1) is 5.92 Å². The molecule has 1 saturated heterocycles. The molecule has 0 saturated carbocycles. The molecular weight excluding hydrogens is 284 g/mol. The number of benzene rings is 1. The van der Waals surface area contributed by atoms with Crippen LogP contribution in [-0.4, -0.2) is 47.1 Å². The molecule has 3 heterocycles. The number of hydrogen-bond donors (Lipinski definition) is 0. The summed E-state index contributed by atoms with van der Waals surface area (Å²) in [5.74, 6) is 0.730. The summed E-state index contributed by atoms with van der Waals surface area (Å²) in [6.07, 6.45) is 7.08. The predicted molar refractivity (Wildman–Crippen MR) is 95.3 cm³/mol. The Morgan fingerprint density at radius 2 is 2.13 bits per heavy atom. The lowest BCUT2D eigenvalue weighted by Crippen LogP contribution is -2.33. The topological polar surface area (TPSA) is 33.4 Å². The Morgan fingerprint density at radius 1 is 1.22 bits per heavy atom. The van der Waals surface area contributed by atoms with E-state index in [0.29, 0.717) is 6.04 Å². The van der Waals surface area contributed by atoms with Crippen LogP contribution in [0.2, 0.25) is 0 Å². The van der Waals surface area contributed by atoms with Gasteiger partial charge in [-0.3, -0.25) is 9.67 Å². The lowest BCUT2D eigenvalue weighted by molar-refractivity contribution is 0.203. The highest BCUT2D eigenvalue weighted by molar-refractivity contribution is 6.03. The minimum absolute atomic E-state index is 0.512. The lowest BCUT2D eigenvalue weighted by Gasteiger charge is -2.29. The fourth-order valence-electron chi connectivity index (χ4n) is 3.82. The normalized spacial score (nSPS) is 26.4. The molecular formula is C19H26N4.